The summed E-state index contributed by atoms with van der Waals surface area (Å²) in [5, 5.41) is 18.2. The first-order chi connectivity index (χ1) is 15.9. The van der Waals surface area contributed by atoms with Crippen molar-refractivity contribution < 1.29 is 24.2 Å². The van der Waals surface area contributed by atoms with E-state index in [0.29, 0.717) is 19.4 Å². The molecule has 0 aromatic heterocycles. The Morgan fingerprint density at radius 2 is 1.76 bits per heavy atom. The summed E-state index contributed by atoms with van der Waals surface area (Å²) in [5.74, 6) is 1.38. The van der Waals surface area contributed by atoms with Crippen molar-refractivity contribution in [1.82, 2.24) is 16.0 Å². The molecule has 8 nitrogen and oxygen atoms in total. The van der Waals surface area contributed by atoms with Crippen molar-refractivity contribution >= 4 is 11.9 Å². The van der Waals surface area contributed by atoms with E-state index in [1.54, 1.807) is 0 Å². The Labute approximate surface area is 194 Å². The van der Waals surface area contributed by atoms with Crippen LogP contribution in [0, 0.1) is 0 Å². The second-order valence-electron chi connectivity index (χ2n) is 8.48. The second-order valence-corrected chi connectivity index (χ2v) is 8.48. The van der Waals surface area contributed by atoms with Gasteiger partial charge in [0.15, 0.2) is 0 Å². The van der Waals surface area contributed by atoms with Crippen LogP contribution in [0.5, 0.6) is 11.5 Å². The monoisotopic (exact) mass is 455 g/mol. The molecule has 2 aromatic rings. The third-order valence-electron chi connectivity index (χ3n) is 5.34. The summed E-state index contributed by atoms with van der Waals surface area (Å²) < 4.78 is 11.7. The van der Waals surface area contributed by atoms with Gasteiger partial charge in [-0.25, -0.2) is 4.79 Å². The summed E-state index contributed by atoms with van der Waals surface area (Å²) in [6, 6.07) is 16.6. The van der Waals surface area contributed by atoms with Crippen LogP contribution < -0.4 is 20.7 Å². The lowest BCUT2D eigenvalue weighted by molar-refractivity contribution is -0.130. The summed E-state index contributed by atoms with van der Waals surface area (Å²) in [7, 11) is 0. The SMILES string of the molecule is CC(C)NC(=O)N[C@@H]1CC[C@@H](CC(=O)NCc2ccc(Oc3ccccc3)cc2)O[C@H]1CO. The highest BCUT2D eigenvalue weighted by Gasteiger charge is 2.32. The van der Waals surface area contributed by atoms with Gasteiger partial charge in [-0.15, -0.1) is 0 Å². The second kappa shape index (κ2) is 12.2. The first-order valence-corrected chi connectivity index (χ1v) is 11.3. The zero-order valence-corrected chi connectivity index (χ0v) is 19.1. The van der Waals surface area contributed by atoms with Crippen LogP contribution in [-0.4, -0.2) is 47.9 Å². The van der Waals surface area contributed by atoms with Gasteiger partial charge in [0.1, 0.15) is 17.6 Å². The van der Waals surface area contributed by atoms with E-state index >= 15 is 0 Å². The number of hydrogen-bond acceptors (Lipinski definition) is 5. The molecule has 0 spiro atoms. The van der Waals surface area contributed by atoms with Gasteiger partial charge in [0.2, 0.25) is 5.91 Å². The van der Waals surface area contributed by atoms with E-state index in [2.05, 4.69) is 16.0 Å². The smallest absolute Gasteiger partial charge is 0.315 e. The van der Waals surface area contributed by atoms with E-state index in [9.17, 15) is 14.7 Å². The lowest BCUT2D eigenvalue weighted by atomic mass is 9.97. The molecule has 1 fully saturated rings. The molecule has 1 aliphatic rings. The minimum atomic E-state index is -0.536. The molecule has 0 aliphatic carbocycles. The summed E-state index contributed by atoms with van der Waals surface area (Å²) in [5.41, 5.74) is 0.960. The van der Waals surface area contributed by atoms with E-state index < -0.39 is 6.10 Å². The number of benzene rings is 2. The molecule has 8 heteroatoms. The van der Waals surface area contributed by atoms with E-state index in [1.807, 2.05) is 68.4 Å². The van der Waals surface area contributed by atoms with Crippen molar-refractivity contribution in [1.29, 1.82) is 0 Å². The molecule has 3 amide bonds. The fourth-order valence-corrected chi connectivity index (χ4v) is 3.70. The van der Waals surface area contributed by atoms with E-state index in [1.165, 1.54) is 0 Å². The van der Waals surface area contributed by atoms with Gasteiger partial charge in [-0.05, 0) is 56.5 Å². The molecule has 0 saturated carbocycles. The Hall–Kier alpha value is -3.10. The zero-order chi connectivity index (χ0) is 23.6. The van der Waals surface area contributed by atoms with E-state index in [-0.39, 0.29) is 43.2 Å². The molecular formula is C25H33N3O5. The molecule has 3 atom stereocenters. The molecule has 2 aromatic carbocycles. The molecule has 4 N–H and O–H groups in total. The van der Waals surface area contributed by atoms with Crippen LogP contribution in [0.1, 0.15) is 38.7 Å². The summed E-state index contributed by atoms with van der Waals surface area (Å²) in [4.78, 5) is 24.4. The van der Waals surface area contributed by atoms with Crippen molar-refractivity contribution in [2.45, 2.75) is 63.9 Å². The predicted molar refractivity (Wildman–Crippen MR) is 125 cm³/mol. The Kier molecular flexibility index (Phi) is 9.09. The Balaban J connectivity index is 1.41. The maximum atomic E-state index is 12.4. The highest BCUT2D eigenvalue weighted by atomic mass is 16.5. The third-order valence-corrected chi connectivity index (χ3v) is 5.34. The van der Waals surface area contributed by atoms with Crippen LogP contribution in [0.4, 0.5) is 4.79 Å². The molecular weight excluding hydrogens is 422 g/mol. The van der Waals surface area contributed by atoms with Gasteiger partial charge in [0.05, 0.1) is 25.2 Å². The number of aliphatic hydroxyl groups is 1. The third kappa shape index (κ3) is 8.07. The molecule has 33 heavy (non-hydrogen) atoms. The number of carbonyl (C=O) groups excluding carboxylic acids is 2. The highest BCUT2D eigenvalue weighted by Crippen LogP contribution is 2.23. The molecule has 0 bridgehead atoms. The largest absolute Gasteiger partial charge is 0.457 e. The van der Waals surface area contributed by atoms with Gasteiger partial charge >= 0.3 is 6.03 Å². The number of rotatable bonds is 9. The molecule has 0 unspecified atom stereocenters. The molecule has 1 aliphatic heterocycles. The van der Waals surface area contributed by atoms with Crippen LogP contribution in [0.2, 0.25) is 0 Å². The fraction of sp³-hybridized carbons (Fsp3) is 0.440. The van der Waals surface area contributed by atoms with E-state index in [4.69, 9.17) is 9.47 Å². The van der Waals surface area contributed by atoms with Crippen molar-refractivity contribution in [3.8, 4) is 11.5 Å². The Morgan fingerprint density at radius 3 is 2.42 bits per heavy atom. The topological polar surface area (TPSA) is 109 Å². The quantitative estimate of drug-likeness (QED) is 0.465. The molecule has 1 heterocycles. The van der Waals surface area contributed by atoms with Crippen molar-refractivity contribution in [3.63, 3.8) is 0 Å². The van der Waals surface area contributed by atoms with Crippen molar-refractivity contribution in [2.24, 2.45) is 0 Å². The molecule has 178 valence electrons. The number of urea groups is 1. The maximum absolute atomic E-state index is 12.4. The normalized spacial score (nSPS) is 20.2. The Bertz CT molecular complexity index is 889. The van der Waals surface area contributed by atoms with Crippen LogP contribution in [-0.2, 0) is 16.1 Å². The number of amides is 3. The minimum Gasteiger partial charge on any atom is -0.457 e. The van der Waals surface area contributed by atoms with Gasteiger partial charge in [-0.3, -0.25) is 4.79 Å². The van der Waals surface area contributed by atoms with Crippen molar-refractivity contribution in [2.75, 3.05) is 6.61 Å². The van der Waals surface area contributed by atoms with E-state index in [0.717, 1.165) is 17.1 Å². The maximum Gasteiger partial charge on any atom is 0.315 e. The minimum absolute atomic E-state index is 0.0196. The van der Waals surface area contributed by atoms with Gasteiger partial charge in [-0.1, -0.05) is 30.3 Å². The van der Waals surface area contributed by atoms with Gasteiger partial charge in [-0.2, -0.15) is 0 Å². The standard InChI is InChI=1S/C25H33N3O5/c1-17(2)27-25(31)28-22-13-12-21(33-23(22)16-29)14-24(30)26-15-18-8-10-20(11-9-18)32-19-6-4-3-5-7-19/h3-11,17,21-23,29H,12-16H2,1-2H3,(H,26,30)(H2,27,28,31)/t21-,22+,23-/m0/s1. The zero-order valence-electron chi connectivity index (χ0n) is 19.1. The molecule has 3 rings (SSSR count). The average molecular weight is 456 g/mol. The van der Waals surface area contributed by atoms with Crippen LogP contribution in [0.25, 0.3) is 0 Å². The molecule has 1 saturated heterocycles. The van der Waals surface area contributed by atoms with Crippen molar-refractivity contribution in [3.05, 3.63) is 60.2 Å². The lowest BCUT2D eigenvalue weighted by Crippen LogP contribution is -2.54. The number of para-hydroxylation sites is 1. The van der Waals surface area contributed by atoms with Crippen LogP contribution in [0.15, 0.2) is 54.6 Å². The average Bonchev–Trinajstić information content (AvgIpc) is 2.80. The number of ether oxygens (including phenoxy) is 2. The predicted octanol–water partition coefficient (Wildman–Crippen LogP) is 3.10. The fourth-order valence-electron chi connectivity index (χ4n) is 3.70. The van der Waals surface area contributed by atoms with Gasteiger partial charge < -0.3 is 30.5 Å². The number of hydrogen-bond donors (Lipinski definition) is 4. The van der Waals surface area contributed by atoms with Gasteiger partial charge in [0, 0.05) is 12.6 Å². The number of aliphatic hydroxyl groups excluding tert-OH is 1. The van der Waals surface area contributed by atoms with Crippen LogP contribution in [0.3, 0.4) is 0 Å². The number of carbonyl (C=O) groups is 2. The summed E-state index contributed by atoms with van der Waals surface area (Å²) in [6.07, 6.45) is 0.637. The highest BCUT2D eigenvalue weighted by molar-refractivity contribution is 5.76. The van der Waals surface area contributed by atoms with Gasteiger partial charge in [0.25, 0.3) is 0 Å². The molecule has 0 radical (unpaired) electrons. The Morgan fingerprint density at radius 1 is 1.06 bits per heavy atom. The summed E-state index contributed by atoms with van der Waals surface area (Å²) in [6.45, 7) is 3.94. The summed E-state index contributed by atoms with van der Waals surface area (Å²) >= 11 is 0. The first kappa shape index (κ1) is 24.5. The number of nitrogens with one attached hydrogen (secondary N) is 3. The van der Waals surface area contributed by atoms with Crippen LogP contribution >= 0.6 is 0 Å². The lowest BCUT2D eigenvalue weighted by Gasteiger charge is -2.36. The first-order valence-electron chi connectivity index (χ1n) is 11.3.